The van der Waals surface area contributed by atoms with Crippen molar-refractivity contribution < 1.29 is 9.53 Å². The van der Waals surface area contributed by atoms with Gasteiger partial charge in [-0.15, -0.1) is 11.3 Å². The average molecular weight is 267 g/mol. The van der Waals surface area contributed by atoms with Gasteiger partial charge in [0.2, 0.25) is 0 Å². The molecule has 0 fully saturated rings. The lowest BCUT2D eigenvalue weighted by molar-refractivity contribution is -0.142. The van der Waals surface area contributed by atoms with Crippen LogP contribution in [0.3, 0.4) is 0 Å². The summed E-state index contributed by atoms with van der Waals surface area (Å²) in [5.41, 5.74) is 3.18. The van der Waals surface area contributed by atoms with E-state index >= 15 is 0 Å². The van der Waals surface area contributed by atoms with E-state index in [1.165, 1.54) is 5.56 Å². The number of nitrogens with zero attached hydrogens (tertiary/aromatic N) is 1. The fourth-order valence-corrected chi connectivity index (χ4v) is 3.26. The van der Waals surface area contributed by atoms with Gasteiger partial charge in [0, 0.05) is 16.3 Å². The van der Waals surface area contributed by atoms with Crippen LogP contribution in [0.25, 0.3) is 10.6 Å². The van der Waals surface area contributed by atoms with Crippen molar-refractivity contribution in [1.82, 2.24) is 4.98 Å². The highest BCUT2D eigenvalue weighted by Gasteiger charge is 2.11. The zero-order valence-electron chi connectivity index (χ0n) is 9.73. The molecule has 0 amide bonds. The molecule has 0 unspecified atom stereocenters. The molecule has 5 heteroatoms. The van der Waals surface area contributed by atoms with Gasteiger partial charge >= 0.3 is 5.97 Å². The molecule has 0 aromatic carbocycles. The van der Waals surface area contributed by atoms with Gasteiger partial charge in [-0.1, -0.05) is 0 Å². The SMILES string of the molecule is CCOC(=O)Cc1csc(-c2cscc2C)n1. The van der Waals surface area contributed by atoms with Crippen LogP contribution in [-0.2, 0) is 16.0 Å². The maximum atomic E-state index is 11.3. The van der Waals surface area contributed by atoms with Crippen LogP contribution in [0, 0.1) is 6.92 Å². The third kappa shape index (κ3) is 2.92. The fraction of sp³-hybridized carbons (Fsp3) is 0.333. The molecule has 2 aromatic heterocycles. The number of rotatable bonds is 4. The molecule has 0 saturated carbocycles. The van der Waals surface area contributed by atoms with E-state index in [-0.39, 0.29) is 12.4 Å². The Morgan fingerprint density at radius 2 is 2.24 bits per heavy atom. The molecular formula is C12H13NO2S2. The Kier molecular flexibility index (Phi) is 3.91. The standard InChI is InChI=1S/C12H13NO2S2/c1-3-15-11(14)4-9-6-17-12(13-9)10-7-16-5-8(10)2/h5-7H,3-4H2,1-2H3. The molecule has 90 valence electrons. The second-order valence-corrected chi connectivity index (χ2v) is 5.20. The highest BCUT2D eigenvalue weighted by Crippen LogP contribution is 2.29. The number of hydrogen-bond donors (Lipinski definition) is 0. The van der Waals surface area contributed by atoms with E-state index in [1.54, 1.807) is 29.6 Å². The van der Waals surface area contributed by atoms with Crippen molar-refractivity contribution >= 4 is 28.6 Å². The highest BCUT2D eigenvalue weighted by atomic mass is 32.1. The first-order valence-corrected chi connectivity index (χ1v) is 7.16. The van der Waals surface area contributed by atoms with E-state index in [4.69, 9.17) is 4.74 Å². The molecule has 0 atom stereocenters. The smallest absolute Gasteiger partial charge is 0.311 e. The lowest BCUT2D eigenvalue weighted by atomic mass is 10.2. The van der Waals surface area contributed by atoms with Crippen molar-refractivity contribution in [3.05, 3.63) is 27.4 Å². The third-order valence-electron chi connectivity index (χ3n) is 2.27. The van der Waals surface area contributed by atoms with E-state index < -0.39 is 0 Å². The second kappa shape index (κ2) is 5.42. The fourth-order valence-electron chi connectivity index (χ4n) is 1.45. The van der Waals surface area contributed by atoms with Gasteiger partial charge < -0.3 is 4.74 Å². The van der Waals surface area contributed by atoms with Crippen LogP contribution in [0.4, 0.5) is 0 Å². The van der Waals surface area contributed by atoms with Crippen molar-refractivity contribution in [3.8, 4) is 10.6 Å². The van der Waals surface area contributed by atoms with Crippen LogP contribution in [0.5, 0.6) is 0 Å². The van der Waals surface area contributed by atoms with Crippen molar-refractivity contribution in [1.29, 1.82) is 0 Å². The normalized spacial score (nSPS) is 10.5. The lowest BCUT2D eigenvalue weighted by Gasteiger charge is -1.98. The lowest BCUT2D eigenvalue weighted by Crippen LogP contribution is -2.07. The Morgan fingerprint density at radius 3 is 2.88 bits per heavy atom. The molecule has 0 spiro atoms. The van der Waals surface area contributed by atoms with E-state index in [0.717, 1.165) is 16.3 Å². The van der Waals surface area contributed by atoms with Crippen LogP contribution in [0.2, 0.25) is 0 Å². The Labute approximate surface area is 108 Å². The first-order chi connectivity index (χ1) is 8.20. The Balaban J connectivity index is 2.11. The second-order valence-electron chi connectivity index (χ2n) is 3.59. The summed E-state index contributed by atoms with van der Waals surface area (Å²) in [5, 5.41) is 7.08. The number of esters is 1. The van der Waals surface area contributed by atoms with Crippen LogP contribution in [0.15, 0.2) is 16.1 Å². The maximum absolute atomic E-state index is 11.3. The summed E-state index contributed by atoms with van der Waals surface area (Å²) in [6, 6.07) is 0. The minimum absolute atomic E-state index is 0.216. The van der Waals surface area contributed by atoms with Crippen molar-refractivity contribution in [2.45, 2.75) is 20.3 Å². The number of carbonyl (C=O) groups excluding carboxylic acids is 1. The summed E-state index contributed by atoms with van der Waals surface area (Å²) < 4.78 is 4.90. The van der Waals surface area contributed by atoms with Crippen LogP contribution in [-0.4, -0.2) is 17.6 Å². The van der Waals surface area contributed by atoms with Gasteiger partial charge in [0.15, 0.2) is 0 Å². The first kappa shape index (κ1) is 12.3. The van der Waals surface area contributed by atoms with Crippen molar-refractivity contribution in [2.24, 2.45) is 0 Å². The number of aromatic nitrogens is 1. The van der Waals surface area contributed by atoms with Gasteiger partial charge in [-0.05, 0) is 24.8 Å². The van der Waals surface area contributed by atoms with E-state index in [0.29, 0.717) is 6.61 Å². The number of ether oxygens (including phenoxy) is 1. The molecule has 0 bridgehead atoms. The molecule has 2 aromatic rings. The largest absolute Gasteiger partial charge is 0.466 e. The van der Waals surface area contributed by atoms with Gasteiger partial charge in [-0.2, -0.15) is 11.3 Å². The topological polar surface area (TPSA) is 39.2 Å². The van der Waals surface area contributed by atoms with E-state index in [1.807, 2.05) is 5.38 Å². The molecule has 0 aliphatic heterocycles. The van der Waals surface area contributed by atoms with Gasteiger partial charge in [-0.25, -0.2) is 4.98 Å². The number of aryl methyl sites for hydroxylation is 1. The number of thiophene rings is 1. The number of thiazole rings is 1. The van der Waals surface area contributed by atoms with Gasteiger partial charge in [-0.3, -0.25) is 4.79 Å². The molecule has 0 saturated heterocycles. The van der Waals surface area contributed by atoms with Gasteiger partial charge in [0.05, 0.1) is 18.7 Å². The highest BCUT2D eigenvalue weighted by molar-refractivity contribution is 7.14. The van der Waals surface area contributed by atoms with Crippen LogP contribution in [0.1, 0.15) is 18.2 Å². The van der Waals surface area contributed by atoms with Gasteiger partial charge in [0.1, 0.15) is 5.01 Å². The van der Waals surface area contributed by atoms with E-state index in [9.17, 15) is 4.79 Å². The molecule has 3 nitrogen and oxygen atoms in total. The molecule has 0 N–H and O–H groups in total. The Morgan fingerprint density at radius 1 is 1.41 bits per heavy atom. The average Bonchev–Trinajstić information content (AvgIpc) is 2.87. The monoisotopic (exact) mass is 267 g/mol. The molecule has 0 aliphatic rings. The molecular weight excluding hydrogens is 254 g/mol. The summed E-state index contributed by atoms with van der Waals surface area (Å²) in [5.74, 6) is -0.216. The summed E-state index contributed by atoms with van der Waals surface area (Å²) in [7, 11) is 0. The number of hydrogen-bond acceptors (Lipinski definition) is 5. The molecule has 2 heterocycles. The summed E-state index contributed by atoms with van der Waals surface area (Å²) in [4.78, 5) is 15.8. The predicted molar refractivity (Wildman–Crippen MR) is 70.5 cm³/mol. The van der Waals surface area contributed by atoms with E-state index in [2.05, 4.69) is 22.7 Å². The van der Waals surface area contributed by atoms with Gasteiger partial charge in [0.25, 0.3) is 0 Å². The molecule has 2 rings (SSSR count). The molecule has 17 heavy (non-hydrogen) atoms. The minimum Gasteiger partial charge on any atom is -0.466 e. The summed E-state index contributed by atoms with van der Waals surface area (Å²) >= 11 is 3.24. The summed E-state index contributed by atoms with van der Waals surface area (Å²) in [6.07, 6.45) is 0.257. The zero-order valence-corrected chi connectivity index (χ0v) is 11.4. The maximum Gasteiger partial charge on any atom is 0.311 e. The minimum atomic E-state index is -0.216. The zero-order chi connectivity index (χ0) is 12.3. The van der Waals surface area contributed by atoms with Crippen molar-refractivity contribution in [3.63, 3.8) is 0 Å². The van der Waals surface area contributed by atoms with Crippen LogP contribution < -0.4 is 0 Å². The Hall–Kier alpha value is -1.20. The quantitative estimate of drug-likeness (QED) is 0.798. The van der Waals surface area contributed by atoms with Crippen molar-refractivity contribution in [2.75, 3.05) is 6.61 Å². The molecule has 0 radical (unpaired) electrons. The molecule has 0 aliphatic carbocycles. The first-order valence-electron chi connectivity index (χ1n) is 5.34. The Bertz CT molecular complexity index is 516. The predicted octanol–water partition coefficient (Wildman–Crippen LogP) is 3.29. The number of carbonyl (C=O) groups is 1. The third-order valence-corrected chi connectivity index (χ3v) is 4.05. The van der Waals surface area contributed by atoms with Crippen LogP contribution >= 0.6 is 22.7 Å². The summed E-state index contributed by atoms with van der Waals surface area (Å²) in [6.45, 7) is 4.29.